The second kappa shape index (κ2) is 30.6. The minimum Gasteiger partial charge on any atom is -0.391 e. The molecule has 1 fully saturated rings. The zero-order valence-electron chi connectivity index (χ0n) is 40.2. The number of rotatable bonds is 19. The van der Waals surface area contributed by atoms with E-state index in [0.29, 0.717) is 5.56 Å². The van der Waals surface area contributed by atoms with E-state index in [2.05, 4.69) is 53.2 Å². The lowest BCUT2D eigenvalue weighted by atomic mass is 10.00. The molecule has 0 aliphatic carbocycles. The fourth-order valence-electron chi connectivity index (χ4n) is 7.37. The average molecular weight is 977 g/mol. The number of nitrogens with two attached hydrogens (primary N) is 4. The molecule has 11 atom stereocenters. The summed E-state index contributed by atoms with van der Waals surface area (Å²) in [5, 5.41) is 46.5. The van der Waals surface area contributed by atoms with Gasteiger partial charge in [0.25, 0.3) is 0 Å². The van der Waals surface area contributed by atoms with Crippen LogP contribution in [0.15, 0.2) is 30.3 Å². The SMILES string of the molecule is CN[C@H](C(=O)N[C@@H](CCN)C(=O)N[C@H]1CCNC(=O)[C@H]([C@@H](C)O)NC(=O)[C@H](CCN)NC(=O)[C@H](CCN)NC(=O)[C@H](CC(C)C)NC(=O)[C@@H](Cc2ccccc2)NC(=O)[C@H](CCN)NC1=O)[C@@H](C)O. The molecule has 388 valence electrons. The first-order chi connectivity index (χ1) is 32.7. The van der Waals surface area contributed by atoms with E-state index in [0.717, 1.165) is 0 Å². The highest BCUT2D eigenvalue weighted by Gasteiger charge is 2.36. The van der Waals surface area contributed by atoms with Gasteiger partial charge in [-0.3, -0.25) is 43.2 Å². The van der Waals surface area contributed by atoms with Crippen molar-refractivity contribution in [2.45, 2.75) is 139 Å². The lowest BCUT2D eigenvalue weighted by Gasteiger charge is -2.28. The Bertz CT molecular complexity index is 1860. The van der Waals surface area contributed by atoms with Crippen molar-refractivity contribution in [3.05, 3.63) is 35.9 Å². The summed E-state index contributed by atoms with van der Waals surface area (Å²) in [6.45, 7) is 5.36. The van der Waals surface area contributed by atoms with Crippen molar-refractivity contribution in [1.29, 1.82) is 0 Å². The van der Waals surface area contributed by atoms with Crippen molar-refractivity contribution in [1.82, 2.24) is 53.2 Å². The van der Waals surface area contributed by atoms with Crippen molar-refractivity contribution >= 4 is 53.2 Å². The lowest BCUT2D eigenvalue weighted by Crippen LogP contribution is -2.61. The number of hydrogen-bond acceptors (Lipinski definition) is 16. The van der Waals surface area contributed by atoms with Gasteiger partial charge in [-0.2, -0.15) is 0 Å². The number of benzene rings is 1. The smallest absolute Gasteiger partial charge is 0.245 e. The topological polar surface area (TPSA) is 418 Å². The molecular formula is C44H76N14O11. The van der Waals surface area contributed by atoms with Gasteiger partial charge in [0, 0.05) is 13.0 Å². The lowest BCUT2D eigenvalue weighted by molar-refractivity contribution is -0.136. The van der Waals surface area contributed by atoms with E-state index in [1.54, 1.807) is 44.2 Å². The third kappa shape index (κ3) is 20.0. The Kier molecular flexibility index (Phi) is 26.3. The quantitative estimate of drug-likeness (QED) is 0.0613. The fourth-order valence-corrected chi connectivity index (χ4v) is 7.37. The molecule has 25 nitrogen and oxygen atoms in total. The molecule has 0 unspecified atom stereocenters. The molecule has 1 aliphatic rings. The molecule has 1 aliphatic heterocycles. The molecule has 9 amide bonds. The predicted molar refractivity (Wildman–Crippen MR) is 254 cm³/mol. The summed E-state index contributed by atoms with van der Waals surface area (Å²) in [5.41, 5.74) is 23.9. The van der Waals surface area contributed by atoms with Crippen molar-refractivity contribution in [3.63, 3.8) is 0 Å². The van der Waals surface area contributed by atoms with Gasteiger partial charge in [-0.15, -0.1) is 0 Å². The monoisotopic (exact) mass is 977 g/mol. The first-order valence-electron chi connectivity index (χ1n) is 23.3. The van der Waals surface area contributed by atoms with Crippen LogP contribution in [-0.2, 0) is 49.6 Å². The molecule has 1 aromatic carbocycles. The number of amides is 9. The van der Waals surface area contributed by atoms with Gasteiger partial charge < -0.3 is 86.3 Å². The standard InChI is InChI=1S/C44H76N14O11/c1-23(2)21-32-41(66)53-27(11-16-45)36(61)52-30(14-19-48)40(65)58-35(25(4)60)43(68)50-20-15-31(54-37(62)29(13-18-47)55-44(69)34(49-5)24(3)59)39(64)51-28(12-17-46)38(63)57-33(42(67)56-32)22-26-9-7-6-8-10-26/h6-10,23-25,27-35,49,59-60H,11-22,45-48H2,1-5H3,(H,50,68)(H,51,64)(H,52,61)(H,53,66)(H,54,62)(H,55,69)(H,56,67)(H,57,63)(H,58,65)/t24-,25-,27+,28+,29+,30+,31+,32+,33-,34+,35+/m1/s1. The zero-order valence-corrected chi connectivity index (χ0v) is 40.2. The maximum Gasteiger partial charge on any atom is 0.245 e. The van der Waals surface area contributed by atoms with Gasteiger partial charge >= 0.3 is 0 Å². The molecule has 1 aromatic rings. The van der Waals surface area contributed by atoms with E-state index < -0.39 is 120 Å². The van der Waals surface area contributed by atoms with Gasteiger partial charge in [0.1, 0.15) is 54.4 Å². The minimum absolute atomic E-state index is 0.0763. The summed E-state index contributed by atoms with van der Waals surface area (Å²) < 4.78 is 0. The van der Waals surface area contributed by atoms with Crippen LogP contribution in [0.2, 0.25) is 0 Å². The van der Waals surface area contributed by atoms with Crippen LogP contribution in [0.4, 0.5) is 0 Å². The first-order valence-corrected chi connectivity index (χ1v) is 23.3. The van der Waals surface area contributed by atoms with Gasteiger partial charge in [0.05, 0.1) is 12.2 Å². The first kappa shape index (κ1) is 59.3. The van der Waals surface area contributed by atoms with Crippen LogP contribution in [0.25, 0.3) is 0 Å². The van der Waals surface area contributed by atoms with Crippen molar-refractivity contribution in [2.24, 2.45) is 28.9 Å². The van der Waals surface area contributed by atoms with Crippen LogP contribution >= 0.6 is 0 Å². The van der Waals surface area contributed by atoms with Gasteiger partial charge in [-0.25, -0.2) is 0 Å². The van der Waals surface area contributed by atoms with Gasteiger partial charge in [-0.05, 0) is 97.1 Å². The Balaban J connectivity index is 2.74. The van der Waals surface area contributed by atoms with Crippen molar-refractivity contribution < 1.29 is 53.4 Å². The number of aliphatic hydroxyl groups excluding tert-OH is 2. The van der Waals surface area contributed by atoms with Gasteiger partial charge in [0.15, 0.2) is 0 Å². The summed E-state index contributed by atoms with van der Waals surface area (Å²) >= 11 is 0. The van der Waals surface area contributed by atoms with Crippen LogP contribution in [0.1, 0.15) is 71.8 Å². The molecular weight excluding hydrogens is 901 g/mol. The number of hydrogen-bond donors (Lipinski definition) is 16. The second-order valence-electron chi connectivity index (χ2n) is 17.4. The fraction of sp³-hybridized carbons (Fsp3) is 0.659. The van der Waals surface area contributed by atoms with Gasteiger partial charge in [0.2, 0.25) is 53.2 Å². The number of aliphatic hydroxyl groups is 2. The van der Waals surface area contributed by atoms with E-state index in [1.807, 2.05) is 0 Å². The predicted octanol–water partition coefficient (Wildman–Crippen LogP) is -6.58. The third-order valence-electron chi connectivity index (χ3n) is 11.1. The van der Waals surface area contributed by atoms with Crippen LogP contribution in [0.5, 0.6) is 0 Å². The minimum atomic E-state index is -1.63. The van der Waals surface area contributed by atoms with Crippen LogP contribution in [0.3, 0.4) is 0 Å². The Hall–Kier alpha value is -5.83. The van der Waals surface area contributed by atoms with Crippen LogP contribution in [0, 0.1) is 5.92 Å². The average Bonchev–Trinajstić information content (AvgIpc) is 3.28. The molecule has 1 saturated heterocycles. The summed E-state index contributed by atoms with van der Waals surface area (Å²) in [6.07, 6.45) is -3.58. The maximum absolute atomic E-state index is 14.3. The van der Waals surface area contributed by atoms with Crippen LogP contribution < -0.4 is 76.1 Å². The molecule has 20 N–H and O–H groups in total. The summed E-state index contributed by atoms with van der Waals surface area (Å²) in [7, 11) is 1.43. The highest BCUT2D eigenvalue weighted by Crippen LogP contribution is 2.11. The van der Waals surface area contributed by atoms with E-state index >= 15 is 0 Å². The molecule has 0 bridgehead atoms. The molecule has 2 rings (SSSR count). The zero-order chi connectivity index (χ0) is 51.8. The normalized spacial score (nSPS) is 24.7. The van der Waals surface area contributed by atoms with Crippen LogP contribution in [-0.4, -0.2) is 170 Å². The van der Waals surface area contributed by atoms with Crippen molar-refractivity contribution in [2.75, 3.05) is 39.8 Å². The second-order valence-corrected chi connectivity index (χ2v) is 17.4. The number of carbonyl (C=O) groups excluding carboxylic acids is 9. The number of carbonyl (C=O) groups is 9. The van der Waals surface area contributed by atoms with Gasteiger partial charge in [-0.1, -0.05) is 44.2 Å². The van der Waals surface area contributed by atoms with E-state index in [-0.39, 0.29) is 83.6 Å². The molecule has 25 heteroatoms. The van der Waals surface area contributed by atoms with E-state index in [4.69, 9.17) is 22.9 Å². The Morgan fingerprint density at radius 2 is 1.12 bits per heavy atom. The maximum atomic E-state index is 14.3. The highest BCUT2D eigenvalue weighted by molar-refractivity contribution is 5.98. The summed E-state index contributed by atoms with van der Waals surface area (Å²) in [6, 6.07) is -3.73. The van der Waals surface area contributed by atoms with E-state index in [9.17, 15) is 53.4 Å². The molecule has 0 aromatic heterocycles. The highest BCUT2D eigenvalue weighted by atomic mass is 16.3. The number of nitrogens with one attached hydrogen (secondary N) is 10. The Morgan fingerprint density at radius 1 is 0.638 bits per heavy atom. The Labute approximate surface area is 402 Å². The largest absolute Gasteiger partial charge is 0.391 e. The number of likely N-dealkylation sites (N-methyl/N-ethyl adjacent to an activating group) is 1. The Morgan fingerprint density at radius 3 is 1.59 bits per heavy atom. The molecule has 69 heavy (non-hydrogen) atoms. The summed E-state index contributed by atoms with van der Waals surface area (Å²) in [5.74, 6) is -7.91. The molecule has 1 heterocycles. The molecule has 0 radical (unpaired) electrons. The third-order valence-corrected chi connectivity index (χ3v) is 11.1. The van der Waals surface area contributed by atoms with Crippen molar-refractivity contribution in [3.8, 4) is 0 Å². The molecule has 0 saturated carbocycles. The molecule has 0 spiro atoms. The van der Waals surface area contributed by atoms with E-state index in [1.165, 1.54) is 20.9 Å². The summed E-state index contributed by atoms with van der Waals surface area (Å²) in [4.78, 5) is 125.